The highest BCUT2D eigenvalue weighted by Gasteiger charge is 2.12. The summed E-state index contributed by atoms with van der Waals surface area (Å²) in [5, 5.41) is 15.3. The second-order valence-corrected chi connectivity index (χ2v) is 6.93. The van der Waals surface area contributed by atoms with Crippen LogP contribution in [0.2, 0.25) is 0 Å². The topological polar surface area (TPSA) is 115 Å². The summed E-state index contributed by atoms with van der Waals surface area (Å²) in [6.45, 7) is 0.563. The number of hydrogen-bond donors (Lipinski definition) is 2. The molecule has 4 aromatic rings. The predicted molar refractivity (Wildman–Crippen MR) is 114 cm³/mol. The van der Waals surface area contributed by atoms with E-state index in [1.165, 1.54) is 6.07 Å². The Bertz CT molecular complexity index is 1200. The second-order valence-electron chi connectivity index (χ2n) is 6.93. The van der Waals surface area contributed by atoms with Gasteiger partial charge in [0.15, 0.2) is 5.69 Å². The van der Waals surface area contributed by atoms with Crippen molar-refractivity contribution < 1.29 is 28.4 Å². The minimum absolute atomic E-state index is 0.139. The van der Waals surface area contributed by atoms with E-state index in [1.807, 2.05) is 48.5 Å². The Morgan fingerprint density at radius 3 is 2.56 bits per heavy atom. The molecule has 162 valence electrons. The minimum atomic E-state index is -1.14. The maximum absolute atomic E-state index is 12.5. The van der Waals surface area contributed by atoms with Crippen molar-refractivity contribution in [3.63, 3.8) is 0 Å². The Labute approximate surface area is 183 Å². The lowest BCUT2D eigenvalue weighted by Gasteiger charge is -2.12. The number of carbonyl (C=O) groups is 2. The molecule has 2 heterocycles. The van der Waals surface area contributed by atoms with Gasteiger partial charge in [0, 0.05) is 35.7 Å². The average molecular weight is 432 g/mol. The lowest BCUT2D eigenvalue weighted by atomic mass is 10.1. The van der Waals surface area contributed by atoms with Crippen LogP contribution in [-0.2, 0) is 13.0 Å². The van der Waals surface area contributed by atoms with Gasteiger partial charge < -0.3 is 24.1 Å². The first-order valence-electron chi connectivity index (χ1n) is 9.92. The number of para-hydroxylation sites is 1. The number of aromatic nitrogens is 1. The number of benzene rings is 2. The van der Waals surface area contributed by atoms with E-state index in [-0.39, 0.29) is 18.2 Å². The van der Waals surface area contributed by atoms with E-state index in [0.717, 1.165) is 16.9 Å². The molecule has 8 heteroatoms. The molecule has 0 atom stereocenters. The van der Waals surface area contributed by atoms with Crippen molar-refractivity contribution in [2.75, 3.05) is 6.61 Å². The maximum Gasteiger partial charge on any atom is 0.358 e. The number of aromatic carboxylic acids is 1. The summed E-state index contributed by atoms with van der Waals surface area (Å²) in [7, 11) is 0. The highest BCUT2D eigenvalue weighted by molar-refractivity contribution is 5.94. The standard InChI is InChI=1S/C24H20N2O6/c27-23(17-9-7-16(8-10-17)21-6-3-12-30-21)25-15-18-4-1-2-5-22(18)31-13-11-19-14-20(24(28)29)26-32-19/h1-10,12,14H,11,13,15H2,(H,25,27)(H,28,29). The number of amides is 1. The normalized spacial score (nSPS) is 10.6. The monoisotopic (exact) mass is 432 g/mol. The number of rotatable bonds is 9. The quantitative estimate of drug-likeness (QED) is 0.408. The van der Waals surface area contributed by atoms with Gasteiger partial charge in [0.1, 0.15) is 17.3 Å². The van der Waals surface area contributed by atoms with Gasteiger partial charge >= 0.3 is 5.97 Å². The Kier molecular flexibility index (Phi) is 6.31. The Balaban J connectivity index is 1.32. The zero-order valence-corrected chi connectivity index (χ0v) is 17.0. The SMILES string of the molecule is O=C(NCc1ccccc1OCCc1cc(C(=O)O)no1)c1ccc(-c2ccco2)cc1. The van der Waals surface area contributed by atoms with Crippen molar-refractivity contribution >= 4 is 11.9 Å². The van der Waals surface area contributed by atoms with E-state index in [1.54, 1.807) is 18.4 Å². The Hall–Kier alpha value is -4.33. The van der Waals surface area contributed by atoms with Gasteiger partial charge in [0.2, 0.25) is 0 Å². The van der Waals surface area contributed by atoms with Crippen LogP contribution < -0.4 is 10.1 Å². The van der Waals surface area contributed by atoms with E-state index in [4.69, 9.17) is 18.8 Å². The fourth-order valence-electron chi connectivity index (χ4n) is 3.09. The Morgan fingerprint density at radius 1 is 1.03 bits per heavy atom. The van der Waals surface area contributed by atoms with E-state index >= 15 is 0 Å². The molecule has 2 N–H and O–H groups in total. The smallest absolute Gasteiger partial charge is 0.358 e. The molecule has 0 aliphatic rings. The van der Waals surface area contributed by atoms with Crippen molar-refractivity contribution in [1.29, 1.82) is 0 Å². The molecule has 32 heavy (non-hydrogen) atoms. The molecular weight excluding hydrogens is 412 g/mol. The van der Waals surface area contributed by atoms with Gasteiger partial charge in [-0.25, -0.2) is 4.79 Å². The number of nitrogens with one attached hydrogen (secondary N) is 1. The number of nitrogens with zero attached hydrogens (tertiary/aromatic N) is 1. The van der Waals surface area contributed by atoms with E-state index in [9.17, 15) is 9.59 Å². The lowest BCUT2D eigenvalue weighted by molar-refractivity contribution is 0.0685. The summed E-state index contributed by atoms with van der Waals surface area (Å²) < 4.78 is 16.1. The molecule has 1 amide bonds. The molecule has 0 radical (unpaired) electrons. The molecular formula is C24H20N2O6. The molecule has 0 fully saturated rings. The van der Waals surface area contributed by atoms with Gasteiger partial charge in [-0.05, 0) is 30.3 Å². The molecule has 4 rings (SSSR count). The number of hydrogen-bond acceptors (Lipinski definition) is 6. The third kappa shape index (κ3) is 5.04. The van der Waals surface area contributed by atoms with Crippen LogP contribution in [0.15, 0.2) is 81.9 Å². The van der Waals surface area contributed by atoms with Crippen LogP contribution in [0.5, 0.6) is 5.75 Å². The van der Waals surface area contributed by atoms with Gasteiger partial charge in [0.05, 0.1) is 12.9 Å². The fraction of sp³-hybridized carbons (Fsp3) is 0.125. The number of carboxylic acid groups (broad SMARTS) is 1. The van der Waals surface area contributed by atoms with Gasteiger partial charge in [-0.15, -0.1) is 0 Å². The van der Waals surface area contributed by atoms with Crippen molar-refractivity contribution in [3.8, 4) is 17.1 Å². The number of furan rings is 1. The molecule has 2 aromatic carbocycles. The van der Waals surface area contributed by atoms with Gasteiger partial charge in [-0.3, -0.25) is 4.79 Å². The highest BCUT2D eigenvalue weighted by atomic mass is 16.5. The van der Waals surface area contributed by atoms with E-state index in [0.29, 0.717) is 30.0 Å². The van der Waals surface area contributed by atoms with Crippen molar-refractivity contribution in [1.82, 2.24) is 10.5 Å². The zero-order chi connectivity index (χ0) is 22.3. The van der Waals surface area contributed by atoms with Crippen molar-refractivity contribution in [2.24, 2.45) is 0 Å². The van der Waals surface area contributed by atoms with Crippen LogP contribution in [0.4, 0.5) is 0 Å². The van der Waals surface area contributed by atoms with Crippen LogP contribution in [-0.4, -0.2) is 28.7 Å². The second kappa shape index (κ2) is 9.65. The molecule has 0 aliphatic heterocycles. The highest BCUT2D eigenvalue weighted by Crippen LogP contribution is 2.21. The van der Waals surface area contributed by atoms with Crippen LogP contribution in [0.3, 0.4) is 0 Å². The van der Waals surface area contributed by atoms with Gasteiger partial charge in [-0.1, -0.05) is 35.5 Å². The summed E-state index contributed by atoms with van der Waals surface area (Å²) in [4.78, 5) is 23.4. The zero-order valence-electron chi connectivity index (χ0n) is 17.0. The molecule has 0 unspecified atom stereocenters. The van der Waals surface area contributed by atoms with Crippen LogP contribution in [0.1, 0.15) is 32.2 Å². The molecule has 0 spiro atoms. The van der Waals surface area contributed by atoms with E-state index in [2.05, 4.69) is 10.5 Å². The molecule has 0 saturated carbocycles. The fourth-order valence-corrected chi connectivity index (χ4v) is 3.09. The maximum atomic E-state index is 12.5. The average Bonchev–Trinajstić information content (AvgIpc) is 3.51. The minimum Gasteiger partial charge on any atom is -0.493 e. The van der Waals surface area contributed by atoms with Gasteiger partial charge in [0.25, 0.3) is 5.91 Å². The van der Waals surface area contributed by atoms with Crippen molar-refractivity contribution in [3.05, 3.63) is 95.6 Å². The molecule has 0 bridgehead atoms. The Morgan fingerprint density at radius 2 is 1.84 bits per heavy atom. The third-order valence-electron chi connectivity index (χ3n) is 4.75. The first-order chi connectivity index (χ1) is 15.6. The molecule has 0 saturated heterocycles. The molecule has 2 aromatic heterocycles. The number of carboxylic acids is 1. The largest absolute Gasteiger partial charge is 0.493 e. The molecule has 0 aliphatic carbocycles. The van der Waals surface area contributed by atoms with E-state index < -0.39 is 5.97 Å². The summed E-state index contributed by atoms with van der Waals surface area (Å²) in [5.74, 6) is 0.448. The van der Waals surface area contributed by atoms with Crippen molar-refractivity contribution in [2.45, 2.75) is 13.0 Å². The third-order valence-corrected chi connectivity index (χ3v) is 4.75. The van der Waals surface area contributed by atoms with Crippen LogP contribution in [0.25, 0.3) is 11.3 Å². The first-order valence-corrected chi connectivity index (χ1v) is 9.92. The summed E-state index contributed by atoms with van der Waals surface area (Å²) in [6.07, 6.45) is 1.97. The number of ether oxygens (including phenoxy) is 1. The number of carbonyl (C=O) groups excluding carboxylic acids is 1. The molecule has 8 nitrogen and oxygen atoms in total. The van der Waals surface area contributed by atoms with Crippen LogP contribution >= 0.6 is 0 Å². The summed E-state index contributed by atoms with van der Waals surface area (Å²) in [5.41, 5.74) is 2.11. The summed E-state index contributed by atoms with van der Waals surface area (Å²) >= 11 is 0. The lowest BCUT2D eigenvalue weighted by Crippen LogP contribution is -2.23. The van der Waals surface area contributed by atoms with Crippen LogP contribution in [0, 0.1) is 0 Å². The van der Waals surface area contributed by atoms with Gasteiger partial charge in [-0.2, -0.15) is 0 Å². The predicted octanol–water partition coefficient (Wildman–Crippen LogP) is 4.18. The first kappa shape index (κ1) is 20.9. The summed E-state index contributed by atoms with van der Waals surface area (Å²) in [6, 6.07) is 19.6.